The van der Waals surface area contributed by atoms with Crippen molar-refractivity contribution in [3.8, 4) is 0 Å². The summed E-state index contributed by atoms with van der Waals surface area (Å²) in [5.74, 6) is -0.852. The van der Waals surface area contributed by atoms with E-state index in [0.29, 0.717) is 5.69 Å². The third-order valence-corrected chi connectivity index (χ3v) is 2.30. The monoisotopic (exact) mass is 259 g/mol. The Morgan fingerprint density at radius 1 is 1.41 bits per heavy atom. The Labute approximate surface area is 105 Å². The molecule has 1 atom stereocenters. The van der Waals surface area contributed by atoms with Gasteiger partial charge in [0.15, 0.2) is 0 Å². The molecule has 0 aliphatic rings. The predicted octanol–water partition coefficient (Wildman–Crippen LogP) is 3.23. The molecular formula is C12H15ClFNO2. The van der Waals surface area contributed by atoms with Crippen molar-refractivity contribution in [2.75, 3.05) is 5.32 Å². The third kappa shape index (κ3) is 4.23. The average molecular weight is 260 g/mol. The number of rotatable bonds is 4. The molecule has 0 aromatic heterocycles. The molecule has 0 unspecified atom stereocenters. The van der Waals surface area contributed by atoms with Gasteiger partial charge in [0, 0.05) is 5.69 Å². The number of carbonyl (C=O) groups is 1. The fourth-order valence-electron chi connectivity index (χ4n) is 1.23. The van der Waals surface area contributed by atoms with Crippen LogP contribution >= 0.6 is 11.6 Å². The number of esters is 1. The SMILES string of the molecule is CC(C)OC(=O)[C@H](C)Nc1ccc(F)c(Cl)c1. The number of anilines is 1. The van der Waals surface area contributed by atoms with Gasteiger partial charge in [-0.3, -0.25) is 0 Å². The Kier molecular flexibility index (Phi) is 4.75. The first-order valence-electron chi connectivity index (χ1n) is 5.32. The highest BCUT2D eigenvalue weighted by molar-refractivity contribution is 6.31. The first-order chi connectivity index (χ1) is 7.90. The molecule has 94 valence electrons. The Hall–Kier alpha value is -1.29. The quantitative estimate of drug-likeness (QED) is 0.844. The third-order valence-electron chi connectivity index (χ3n) is 2.01. The first kappa shape index (κ1) is 13.8. The molecule has 3 nitrogen and oxygen atoms in total. The lowest BCUT2D eigenvalue weighted by molar-refractivity contribution is -0.147. The van der Waals surface area contributed by atoms with Gasteiger partial charge in [-0.05, 0) is 39.0 Å². The standard InChI is InChI=1S/C12H15ClFNO2/c1-7(2)17-12(16)8(3)15-9-4-5-11(14)10(13)6-9/h4-8,15H,1-3H3/t8-/m0/s1. The zero-order valence-corrected chi connectivity index (χ0v) is 10.7. The van der Waals surface area contributed by atoms with E-state index >= 15 is 0 Å². The predicted molar refractivity (Wildman–Crippen MR) is 65.7 cm³/mol. The number of carbonyl (C=O) groups excluding carboxylic acids is 1. The van der Waals surface area contributed by atoms with Crippen LogP contribution in [0.3, 0.4) is 0 Å². The minimum Gasteiger partial charge on any atom is -0.461 e. The molecule has 0 bridgehead atoms. The van der Waals surface area contributed by atoms with E-state index in [1.54, 1.807) is 20.8 Å². The molecule has 0 aliphatic heterocycles. The summed E-state index contributed by atoms with van der Waals surface area (Å²) in [7, 11) is 0. The lowest BCUT2D eigenvalue weighted by atomic mass is 10.2. The maximum absolute atomic E-state index is 12.9. The average Bonchev–Trinajstić information content (AvgIpc) is 2.22. The maximum Gasteiger partial charge on any atom is 0.328 e. The van der Waals surface area contributed by atoms with E-state index in [1.165, 1.54) is 18.2 Å². The van der Waals surface area contributed by atoms with Gasteiger partial charge in [0.05, 0.1) is 11.1 Å². The highest BCUT2D eigenvalue weighted by atomic mass is 35.5. The summed E-state index contributed by atoms with van der Waals surface area (Å²) in [6.07, 6.45) is -0.163. The van der Waals surface area contributed by atoms with Crippen molar-refractivity contribution in [1.29, 1.82) is 0 Å². The number of benzene rings is 1. The van der Waals surface area contributed by atoms with Crippen molar-refractivity contribution in [3.05, 3.63) is 29.0 Å². The van der Waals surface area contributed by atoms with Gasteiger partial charge in [0.25, 0.3) is 0 Å². The van der Waals surface area contributed by atoms with Gasteiger partial charge < -0.3 is 10.1 Å². The summed E-state index contributed by atoms with van der Waals surface area (Å²) in [5, 5.41) is 2.90. The number of hydrogen-bond acceptors (Lipinski definition) is 3. The second kappa shape index (κ2) is 5.87. The van der Waals surface area contributed by atoms with Crippen LogP contribution in [0.2, 0.25) is 5.02 Å². The zero-order chi connectivity index (χ0) is 13.0. The molecule has 0 saturated carbocycles. The van der Waals surface area contributed by atoms with E-state index in [9.17, 15) is 9.18 Å². The van der Waals surface area contributed by atoms with Crippen LogP contribution in [0.4, 0.5) is 10.1 Å². The zero-order valence-electron chi connectivity index (χ0n) is 9.96. The van der Waals surface area contributed by atoms with Crippen molar-refractivity contribution in [1.82, 2.24) is 0 Å². The van der Waals surface area contributed by atoms with Gasteiger partial charge >= 0.3 is 5.97 Å². The van der Waals surface area contributed by atoms with Gasteiger partial charge in [-0.1, -0.05) is 11.6 Å². The molecule has 0 spiro atoms. The summed E-state index contributed by atoms with van der Waals surface area (Å²) in [6, 6.07) is 3.67. The molecule has 0 fully saturated rings. The number of nitrogens with one attached hydrogen (secondary N) is 1. The summed E-state index contributed by atoms with van der Waals surface area (Å²) < 4.78 is 17.9. The van der Waals surface area contributed by atoms with Crippen LogP contribution in [0.5, 0.6) is 0 Å². The van der Waals surface area contributed by atoms with Crippen LogP contribution in [0.15, 0.2) is 18.2 Å². The Morgan fingerprint density at radius 2 is 2.06 bits per heavy atom. The van der Waals surface area contributed by atoms with E-state index in [-0.39, 0.29) is 17.1 Å². The van der Waals surface area contributed by atoms with Gasteiger partial charge in [-0.15, -0.1) is 0 Å². The summed E-state index contributed by atoms with van der Waals surface area (Å²) in [6.45, 7) is 5.22. The second-order valence-electron chi connectivity index (χ2n) is 3.98. The topological polar surface area (TPSA) is 38.3 Å². The van der Waals surface area contributed by atoms with Crippen LogP contribution in [0.25, 0.3) is 0 Å². The van der Waals surface area contributed by atoms with Crippen LogP contribution in [0.1, 0.15) is 20.8 Å². The van der Waals surface area contributed by atoms with Crippen molar-refractivity contribution in [2.24, 2.45) is 0 Å². The molecular weight excluding hydrogens is 245 g/mol. The largest absolute Gasteiger partial charge is 0.461 e. The van der Waals surface area contributed by atoms with Crippen molar-refractivity contribution < 1.29 is 13.9 Å². The fourth-order valence-corrected chi connectivity index (χ4v) is 1.41. The molecule has 1 aromatic rings. The minimum absolute atomic E-state index is 0.0134. The molecule has 5 heteroatoms. The molecule has 1 rings (SSSR count). The van der Waals surface area contributed by atoms with Crippen LogP contribution in [-0.4, -0.2) is 18.1 Å². The van der Waals surface area contributed by atoms with Crippen molar-refractivity contribution >= 4 is 23.3 Å². The lowest BCUT2D eigenvalue weighted by Gasteiger charge is -2.16. The fraction of sp³-hybridized carbons (Fsp3) is 0.417. The molecule has 17 heavy (non-hydrogen) atoms. The van der Waals surface area contributed by atoms with Gasteiger partial charge in [-0.25, -0.2) is 9.18 Å². The normalized spacial score (nSPS) is 12.4. The molecule has 0 heterocycles. The van der Waals surface area contributed by atoms with Crippen LogP contribution < -0.4 is 5.32 Å². The van der Waals surface area contributed by atoms with E-state index in [0.717, 1.165) is 0 Å². The number of halogens is 2. The summed E-state index contributed by atoms with van der Waals surface area (Å²) in [4.78, 5) is 11.5. The molecule has 0 saturated heterocycles. The van der Waals surface area contributed by atoms with Gasteiger partial charge in [-0.2, -0.15) is 0 Å². The van der Waals surface area contributed by atoms with E-state index < -0.39 is 11.9 Å². The van der Waals surface area contributed by atoms with E-state index in [2.05, 4.69) is 5.32 Å². The molecule has 0 amide bonds. The Balaban J connectivity index is 2.64. The highest BCUT2D eigenvalue weighted by Gasteiger charge is 2.15. The van der Waals surface area contributed by atoms with Crippen LogP contribution in [0, 0.1) is 5.82 Å². The molecule has 1 aromatic carbocycles. The second-order valence-corrected chi connectivity index (χ2v) is 4.39. The highest BCUT2D eigenvalue weighted by Crippen LogP contribution is 2.20. The Bertz CT molecular complexity index is 409. The number of ether oxygens (including phenoxy) is 1. The molecule has 0 aliphatic carbocycles. The maximum atomic E-state index is 12.9. The lowest BCUT2D eigenvalue weighted by Crippen LogP contribution is -2.30. The van der Waals surface area contributed by atoms with Gasteiger partial charge in [0.1, 0.15) is 11.9 Å². The molecule has 1 N–H and O–H groups in total. The summed E-state index contributed by atoms with van der Waals surface area (Å²) >= 11 is 5.63. The smallest absolute Gasteiger partial charge is 0.328 e. The van der Waals surface area contributed by atoms with Crippen molar-refractivity contribution in [2.45, 2.75) is 32.9 Å². The van der Waals surface area contributed by atoms with Crippen molar-refractivity contribution in [3.63, 3.8) is 0 Å². The summed E-state index contributed by atoms with van der Waals surface area (Å²) in [5.41, 5.74) is 0.574. The molecule has 0 radical (unpaired) electrons. The first-order valence-corrected chi connectivity index (χ1v) is 5.70. The Morgan fingerprint density at radius 3 is 2.59 bits per heavy atom. The number of hydrogen-bond donors (Lipinski definition) is 1. The van der Waals surface area contributed by atoms with Gasteiger partial charge in [0.2, 0.25) is 0 Å². The van der Waals surface area contributed by atoms with E-state index in [1.807, 2.05) is 0 Å². The minimum atomic E-state index is -0.515. The van der Waals surface area contributed by atoms with E-state index in [4.69, 9.17) is 16.3 Å². The van der Waals surface area contributed by atoms with Crippen LogP contribution in [-0.2, 0) is 9.53 Å².